The molecular weight excluding hydrogens is 315 g/mol. The van der Waals surface area contributed by atoms with Gasteiger partial charge in [0.2, 0.25) is 5.91 Å². The van der Waals surface area contributed by atoms with Gasteiger partial charge in [0.25, 0.3) is 0 Å². The van der Waals surface area contributed by atoms with E-state index in [2.05, 4.69) is 10.1 Å². The maximum atomic E-state index is 12.2. The Hall–Kier alpha value is -2.51. The highest BCUT2D eigenvalue weighted by Crippen LogP contribution is 2.29. The first-order chi connectivity index (χ1) is 10.8. The summed E-state index contributed by atoms with van der Waals surface area (Å²) in [7, 11) is 0. The van der Waals surface area contributed by atoms with Gasteiger partial charge >= 0.3 is 12.3 Å². The summed E-state index contributed by atoms with van der Waals surface area (Å²) in [5.41, 5.74) is 0.107. The summed E-state index contributed by atoms with van der Waals surface area (Å²) in [5, 5.41) is 11.6. The highest BCUT2D eigenvalue weighted by atomic mass is 19.4. The quantitative estimate of drug-likeness (QED) is 0.832. The Labute approximate surface area is 129 Å². The van der Waals surface area contributed by atoms with E-state index in [-0.39, 0.29) is 18.5 Å². The van der Waals surface area contributed by atoms with Crippen molar-refractivity contribution in [2.75, 3.05) is 5.32 Å². The molecule has 23 heavy (non-hydrogen) atoms. The van der Waals surface area contributed by atoms with Crippen molar-refractivity contribution in [3.05, 3.63) is 36.4 Å². The van der Waals surface area contributed by atoms with Gasteiger partial charge in [-0.15, -0.1) is 13.2 Å². The molecule has 0 bridgehead atoms. The predicted molar refractivity (Wildman–Crippen MR) is 74.7 cm³/mol. The second-order valence-corrected chi connectivity index (χ2v) is 5.06. The summed E-state index contributed by atoms with van der Waals surface area (Å²) in [6.07, 6.45) is -0.912. The summed E-state index contributed by atoms with van der Waals surface area (Å²) >= 11 is 0. The monoisotopic (exact) mass is 329 g/mol. The molecule has 2 N–H and O–H groups in total. The van der Waals surface area contributed by atoms with E-state index in [1.807, 2.05) is 0 Å². The largest absolute Gasteiger partial charge is 0.573 e. The predicted octanol–water partition coefficient (Wildman–Crippen LogP) is 3.19. The van der Waals surface area contributed by atoms with Crippen LogP contribution in [0.4, 0.5) is 18.9 Å². The Morgan fingerprint density at radius 1 is 1.17 bits per heavy atom. The first-order valence-electron chi connectivity index (χ1n) is 6.81. The van der Waals surface area contributed by atoms with E-state index in [1.54, 1.807) is 12.2 Å². The standard InChI is InChI=1S/C15H14F3NO4/c16-15(17,18)23-10-5-3-4-9(8-10)19-13(20)11-6-1-2-7-12(11)14(21)22/h1-5,8,11-12H,6-7H2,(H,19,20)(H,21,22)/t11-,12+/m0/s1. The number of aliphatic carboxylic acids is 1. The number of carbonyl (C=O) groups excluding carboxylic acids is 1. The van der Waals surface area contributed by atoms with Crippen LogP contribution < -0.4 is 10.1 Å². The molecule has 1 aliphatic carbocycles. The van der Waals surface area contributed by atoms with Crippen LogP contribution in [0.1, 0.15) is 12.8 Å². The number of rotatable bonds is 4. The van der Waals surface area contributed by atoms with Gasteiger partial charge in [-0.2, -0.15) is 0 Å². The molecule has 8 heteroatoms. The summed E-state index contributed by atoms with van der Waals surface area (Å²) in [4.78, 5) is 23.4. The molecule has 2 atom stereocenters. The van der Waals surface area contributed by atoms with Gasteiger partial charge < -0.3 is 15.2 Å². The number of hydrogen-bond acceptors (Lipinski definition) is 3. The average molecular weight is 329 g/mol. The molecule has 0 spiro atoms. The van der Waals surface area contributed by atoms with E-state index in [1.165, 1.54) is 12.1 Å². The Balaban J connectivity index is 2.09. The Morgan fingerprint density at radius 2 is 1.83 bits per heavy atom. The summed E-state index contributed by atoms with van der Waals surface area (Å²) in [5.74, 6) is -3.72. The summed E-state index contributed by atoms with van der Waals surface area (Å²) < 4.78 is 40.3. The second kappa shape index (κ2) is 6.72. The molecule has 1 aliphatic rings. The van der Waals surface area contributed by atoms with Gasteiger partial charge in [-0.05, 0) is 25.0 Å². The number of benzene rings is 1. The number of anilines is 1. The molecule has 1 amide bonds. The minimum atomic E-state index is -4.83. The third-order valence-electron chi connectivity index (χ3n) is 3.42. The fourth-order valence-electron chi connectivity index (χ4n) is 2.38. The van der Waals surface area contributed by atoms with Gasteiger partial charge in [-0.3, -0.25) is 9.59 Å². The van der Waals surface area contributed by atoms with Gasteiger partial charge in [-0.1, -0.05) is 18.2 Å². The molecule has 1 aromatic carbocycles. The Bertz CT molecular complexity index is 627. The molecule has 124 valence electrons. The molecule has 0 aromatic heterocycles. The fourth-order valence-corrected chi connectivity index (χ4v) is 2.38. The molecule has 0 fully saturated rings. The van der Waals surface area contributed by atoms with Crippen molar-refractivity contribution < 1.29 is 32.6 Å². The zero-order valence-corrected chi connectivity index (χ0v) is 11.8. The zero-order chi connectivity index (χ0) is 17.0. The van der Waals surface area contributed by atoms with Crippen LogP contribution >= 0.6 is 0 Å². The lowest BCUT2D eigenvalue weighted by molar-refractivity contribution is -0.274. The topological polar surface area (TPSA) is 75.6 Å². The van der Waals surface area contributed by atoms with E-state index >= 15 is 0 Å². The number of carboxylic acid groups (broad SMARTS) is 1. The van der Waals surface area contributed by atoms with Crippen LogP contribution in [0.3, 0.4) is 0 Å². The Kier molecular flexibility index (Phi) is 4.92. The average Bonchev–Trinajstić information content (AvgIpc) is 2.45. The first-order valence-corrected chi connectivity index (χ1v) is 6.81. The molecule has 0 unspecified atom stereocenters. The lowest BCUT2D eigenvalue weighted by atomic mass is 9.82. The van der Waals surface area contributed by atoms with Gasteiger partial charge in [0, 0.05) is 11.8 Å². The number of amides is 1. The van der Waals surface area contributed by atoms with E-state index in [4.69, 9.17) is 5.11 Å². The van der Waals surface area contributed by atoms with Crippen LogP contribution in [0.5, 0.6) is 5.75 Å². The maximum absolute atomic E-state index is 12.2. The minimum Gasteiger partial charge on any atom is -0.481 e. The van der Waals surface area contributed by atoms with E-state index in [0.29, 0.717) is 0 Å². The molecular formula is C15H14F3NO4. The molecule has 0 radical (unpaired) electrons. The van der Waals surface area contributed by atoms with E-state index in [9.17, 15) is 22.8 Å². The van der Waals surface area contributed by atoms with Crippen molar-refractivity contribution in [3.63, 3.8) is 0 Å². The number of alkyl halides is 3. The molecule has 1 aromatic rings. The number of ether oxygens (including phenoxy) is 1. The molecule has 2 rings (SSSR count). The van der Waals surface area contributed by atoms with Crippen molar-refractivity contribution in [2.45, 2.75) is 19.2 Å². The van der Waals surface area contributed by atoms with Crippen LogP contribution in [-0.4, -0.2) is 23.3 Å². The van der Waals surface area contributed by atoms with Gasteiger partial charge in [0.1, 0.15) is 5.75 Å². The van der Waals surface area contributed by atoms with Crippen LogP contribution in [0.2, 0.25) is 0 Å². The Morgan fingerprint density at radius 3 is 2.43 bits per heavy atom. The van der Waals surface area contributed by atoms with E-state index in [0.717, 1.165) is 12.1 Å². The van der Waals surface area contributed by atoms with Crippen LogP contribution in [0, 0.1) is 11.8 Å². The van der Waals surface area contributed by atoms with Crippen LogP contribution in [0.25, 0.3) is 0 Å². The van der Waals surface area contributed by atoms with Crippen molar-refractivity contribution in [1.82, 2.24) is 0 Å². The fraction of sp³-hybridized carbons (Fsp3) is 0.333. The number of allylic oxidation sites excluding steroid dienone is 2. The SMILES string of the molecule is O=C(Nc1cccc(OC(F)(F)F)c1)[C@H]1CC=CC[C@H]1C(=O)O. The van der Waals surface area contributed by atoms with Crippen molar-refractivity contribution in [3.8, 4) is 5.75 Å². The summed E-state index contributed by atoms with van der Waals surface area (Å²) in [6, 6.07) is 4.83. The minimum absolute atomic E-state index is 0.107. The van der Waals surface area contributed by atoms with Crippen LogP contribution in [-0.2, 0) is 9.59 Å². The lowest BCUT2D eigenvalue weighted by Crippen LogP contribution is -2.34. The summed E-state index contributed by atoms with van der Waals surface area (Å²) in [6.45, 7) is 0. The molecule has 0 heterocycles. The molecule has 0 saturated heterocycles. The van der Waals surface area contributed by atoms with Gasteiger partial charge in [-0.25, -0.2) is 0 Å². The number of carbonyl (C=O) groups is 2. The molecule has 0 saturated carbocycles. The van der Waals surface area contributed by atoms with Crippen LogP contribution in [0.15, 0.2) is 36.4 Å². The van der Waals surface area contributed by atoms with Crippen molar-refractivity contribution >= 4 is 17.6 Å². The second-order valence-electron chi connectivity index (χ2n) is 5.06. The maximum Gasteiger partial charge on any atom is 0.573 e. The molecule has 0 aliphatic heterocycles. The first kappa shape index (κ1) is 16.9. The number of halogens is 3. The molecule has 5 nitrogen and oxygen atoms in total. The van der Waals surface area contributed by atoms with Crippen molar-refractivity contribution in [1.29, 1.82) is 0 Å². The highest BCUT2D eigenvalue weighted by Gasteiger charge is 2.34. The number of hydrogen-bond donors (Lipinski definition) is 2. The third-order valence-corrected chi connectivity index (χ3v) is 3.42. The van der Waals surface area contributed by atoms with Crippen molar-refractivity contribution in [2.24, 2.45) is 11.8 Å². The normalized spacial score (nSPS) is 20.8. The highest BCUT2D eigenvalue weighted by molar-refractivity contribution is 5.95. The van der Waals surface area contributed by atoms with Gasteiger partial charge in [0.15, 0.2) is 0 Å². The lowest BCUT2D eigenvalue weighted by Gasteiger charge is -2.24. The third kappa shape index (κ3) is 4.73. The number of carboxylic acids is 1. The zero-order valence-electron chi connectivity index (χ0n) is 11.8. The van der Waals surface area contributed by atoms with Gasteiger partial charge in [0.05, 0.1) is 11.8 Å². The van der Waals surface area contributed by atoms with E-state index < -0.39 is 35.8 Å². The smallest absolute Gasteiger partial charge is 0.481 e. The number of nitrogens with one attached hydrogen (secondary N) is 1.